The summed E-state index contributed by atoms with van der Waals surface area (Å²) in [4.78, 5) is 21.8. The van der Waals surface area contributed by atoms with Gasteiger partial charge in [0.05, 0.1) is 27.7 Å². The zero-order valence-electron chi connectivity index (χ0n) is 15.8. The fourth-order valence-corrected chi connectivity index (χ4v) is 3.97. The van der Waals surface area contributed by atoms with Gasteiger partial charge >= 0.3 is 12.1 Å². The van der Waals surface area contributed by atoms with Crippen molar-refractivity contribution in [3.8, 4) is 0 Å². The summed E-state index contributed by atoms with van der Waals surface area (Å²) in [5.74, 6) is -1.000. The van der Waals surface area contributed by atoms with Crippen molar-refractivity contribution in [2.45, 2.75) is 24.9 Å². The zero-order valence-corrected chi connectivity index (χ0v) is 16.7. The molecule has 0 unspecified atom stereocenters. The molecule has 0 aliphatic carbocycles. The molecule has 8 nitrogen and oxygen atoms in total. The predicted molar refractivity (Wildman–Crippen MR) is 100 cm³/mol. The van der Waals surface area contributed by atoms with Gasteiger partial charge < -0.3 is 4.74 Å². The first-order valence-corrected chi connectivity index (χ1v) is 9.92. The number of hydrogen-bond donors (Lipinski definition) is 0. The summed E-state index contributed by atoms with van der Waals surface area (Å²) in [7, 11) is -4.64. The number of benzene rings is 2. The van der Waals surface area contributed by atoms with E-state index in [4.69, 9.17) is 4.74 Å². The Morgan fingerprint density at radius 3 is 2.43 bits per heavy atom. The van der Waals surface area contributed by atoms with Crippen LogP contribution in [0.1, 0.15) is 18.1 Å². The smallest absolute Gasteiger partial charge is 0.416 e. The highest BCUT2D eigenvalue weighted by atomic mass is 32.2. The van der Waals surface area contributed by atoms with Crippen LogP contribution in [0.5, 0.6) is 0 Å². The number of alkyl halides is 3. The van der Waals surface area contributed by atoms with Crippen LogP contribution < -0.4 is 4.31 Å². The molecule has 0 fully saturated rings. The normalized spacial score (nSPS) is 11.8. The summed E-state index contributed by atoms with van der Waals surface area (Å²) in [6.07, 6.45) is -4.75. The van der Waals surface area contributed by atoms with Crippen molar-refractivity contribution in [1.29, 1.82) is 0 Å². The van der Waals surface area contributed by atoms with Gasteiger partial charge in [-0.2, -0.15) is 13.2 Å². The lowest BCUT2D eigenvalue weighted by atomic mass is 10.2. The molecule has 0 saturated carbocycles. The van der Waals surface area contributed by atoms with Gasteiger partial charge in [0, 0.05) is 11.6 Å². The molecule has 0 spiro atoms. The van der Waals surface area contributed by atoms with Gasteiger partial charge in [0.1, 0.15) is 6.54 Å². The highest BCUT2D eigenvalue weighted by Crippen LogP contribution is 2.34. The van der Waals surface area contributed by atoms with Gasteiger partial charge in [-0.05, 0) is 38.1 Å². The molecule has 0 aliphatic heterocycles. The Morgan fingerprint density at radius 1 is 1.20 bits per heavy atom. The van der Waals surface area contributed by atoms with E-state index in [2.05, 4.69) is 0 Å². The third-order valence-corrected chi connectivity index (χ3v) is 5.77. The second kappa shape index (κ2) is 8.69. The zero-order chi connectivity index (χ0) is 22.7. The number of aryl methyl sites for hydroxylation is 1. The molecule has 30 heavy (non-hydrogen) atoms. The Kier molecular flexibility index (Phi) is 6.70. The van der Waals surface area contributed by atoms with Crippen molar-refractivity contribution in [1.82, 2.24) is 0 Å². The fourth-order valence-electron chi connectivity index (χ4n) is 2.55. The average molecular weight is 446 g/mol. The largest absolute Gasteiger partial charge is 0.465 e. The van der Waals surface area contributed by atoms with E-state index >= 15 is 0 Å². The van der Waals surface area contributed by atoms with Gasteiger partial charge in [-0.25, -0.2) is 8.42 Å². The Balaban J connectivity index is 2.64. The van der Waals surface area contributed by atoms with E-state index in [0.717, 1.165) is 30.3 Å². The molecule has 0 aliphatic rings. The number of esters is 1. The minimum absolute atomic E-state index is 0.0781. The molecule has 2 rings (SSSR count). The molecule has 0 heterocycles. The number of carbonyl (C=O) groups is 1. The van der Waals surface area contributed by atoms with Crippen LogP contribution in [0.3, 0.4) is 0 Å². The minimum Gasteiger partial charge on any atom is -0.465 e. The predicted octanol–water partition coefficient (Wildman–Crippen LogP) is 3.68. The second-order valence-corrected chi connectivity index (χ2v) is 7.93. The van der Waals surface area contributed by atoms with Crippen molar-refractivity contribution in [2.24, 2.45) is 0 Å². The first-order chi connectivity index (χ1) is 13.9. The summed E-state index contributed by atoms with van der Waals surface area (Å²) >= 11 is 0. The second-order valence-electron chi connectivity index (χ2n) is 6.07. The van der Waals surface area contributed by atoms with Crippen LogP contribution in [0.2, 0.25) is 0 Å². The van der Waals surface area contributed by atoms with Gasteiger partial charge in [0.2, 0.25) is 0 Å². The molecule has 0 N–H and O–H groups in total. The lowest BCUT2D eigenvalue weighted by Gasteiger charge is -2.24. The maximum atomic E-state index is 13.1. The van der Waals surface area contributed by atoms with Crippen molar-refractivity contribution in [2.75, 3.05) is 17.5 Å². The number of rotatable bonds is 7. The maximum absolute atomic E-state index is 13.1. The number of carbonyl (C=O) groups excluding carboxylic acids is 1. The van der Waals surface area contributed by atoms with Crippen LogP contribution in [-0.2, 0) is 25.7 Å². The molecule has 0 bridgehead atoms. The van der Waals surface area contributed by atoms with Crippen molar-refractivity contribution >= 4 is 27.4 Å². The Hall–Kier alpha value is -3.15. The number of sulfonamides is 1. The number of nitro benzene ring substituents is 1. The number of anilines is 1. The molecular weight excluding hydrogens is 429 g/mol. The third-order valence-electron chi connectivity index (χ3n) is 4.00. The molecule has 0 aromatic heterocycles. The van der Waals surface area contributed by atoms with E-state index in [1.54, 1.807) is 0 Å². The van der Waals surface area contributed by atoms with Gasteiger partial charge in [-0.3, -0.25) is 19.2 Å². The molecule has 2 aromatic carbocycles. The van der Waals surface area contributed by atoms with E-state index < -0.39 is 55.5 Å². The molecule has 0 atom stereocenters. The average Bonchev–Trinajstić information content (AvgIpc) is 2.65. The molecule has 0 radical (unpaired) electrons. The fraction of sp³-hybridized carbons (Fsp3) is 0.278. The summed E-state index contributed by atoms with van der Waals surface area (Å²) in [5.41, 5.74) is -1.87. The van der Waals surface area contributed by atoms with Crippen LogP contribution in [0.15, 0.2) is 47.4 Å². The molecule has 12 heteroatoms. The van der Waals surface area contributed by atoms with Crippen molar-refractivity contribution in [3.05, 3.63) is 63.7 Å². The lowest BCUT2D eigenvalue weighted by Crippen LogP contribution is -2.36. The van der Waals surface area contributed by atoms with Crippen LogP contribution >= 0.6 is 0 Å². The monoisotopic (exact) mass is 446 g/mol. The van der Waals surface area contributed by atoms with Crippen LogP contribution in [-0.4, -0.2) is 32.5 Å². The molecule has 2 aromatic rings. The number of hydrogen-bond acceptors (Lipinski definition) is 6. The van der Waals surface area contributed by atoms with E-state index in [0.29, 0.717) is 10.4 Å². The molecule has 162 valence electrons. The van der Waals surface area contributed by atoms with Crippen LogP contribution in [0.25, 0.3) is 0 Å². The van der Waals surface area contributed by atoms with Crippen LogP contribution in [0, 0.1) is 17.0 Å². The third kappa shape index (κ3) is 5.06. The van der Waals surface area contributed by atoms with Crippen molar-refractivity contribution in [3.63, 3.8) is 0 Å². The van der Waals surface area contributed by atoms with E-state index in [-0.39, 0.29) is 12.2 Å². The quantitative estimate of drug-likeness (QED) is 0.365. The van der Waals surface area contributed by atoms with Crippen LogP contribution in [0.4, 0.5) is 24.5 Å². The Labute approximate surface area is 170 Å². The topological polar surface area (TPSA) is 107 Å². The maximum Gasteiger partial charge on any atom is 0.416 e. The van der Waals surface area contributed by atoms with Crippen molar-refractivity contribution < 1.29 is 36.0 Å². The van der Waals surface area contributed by atoms with E-state index in [1.807, 2.05) is 0 Å². The summed E-state index contributed by atoms with van der Waals surface area (Å²) in [6.45, 7) is 1.88. The number of nitrogens with zero attached hydrogens (tertiary/aromatic N) is 2. The molecule has 0 saturated heterocycles. The number of nitro groups is 1. The van der Waals surface area contributed by atoms with Gasteiger partial charge in [0.15, 0.2) is 0 Å². The lowest BCUT2D eigenvalue weighted by molar-refractivity contribution is -0.385. The number of halogens is 3. The SMILES string of the molecule is CCOC(=O)CN(c1cccc(C(F)(F)F)c1)S(=O)(=O)c1ccc(C)c([N+](=O)[O-])c1. The highest BCUT2D eigenvalue weighted by molar-refractivity contribution is 7.92. The summed E-state index contributed by atoms with van der Waals surface area (Å²) in [6, 6.07) is 6.44. The van der Waals surface area contributed by atoms with E-state index in [1.165, 1.54) is 19.9 Å². The highest BCUT2D eigenvalue weighted by Gasteiger charge is 2.34. The Bertz CT molecular complexity index is 1070. The summed E-state index contributed by atoms with van der Waals surface area (Å²) in [5, 5.41) is 11.2. The van der Waals surface area contributed by atoms with Gasteiger partial charge in [-0.1, -0.05) is 12.1 Å². The molecule has 0 amide bonds. The number of ether oxygens (including phenoxy) is 1. The first-order valence-electron chi connectivity index (χ1n) is 8.48. The summed E-state index contributed by atoms with van der Waals surface area (Å²) < 4.78 is 70.7. The first kappa shape index (κ1) is 23.1. The minimum atomic E-state index is -4.75. The van der Waals surface area contributed by atoms with Gasteiger partial charge in [0.25, 0.3) is 15.7 Å². The Morgan fingerprint density at radius 2 is 1.87 bits per heavy atom. The molecular formula is C18H17F3N2O6S. The standard InChI is InChI=1S/C18H17F3N2O6S/c1-3-29-17(24)11-22(14-6-4-5-13(9-14)18(19,20)21)30(27,28)15-8-7-12(2)16(10-15)23(25)26/h4-10H,3,11H2,1-2H3. The van der Waals surface area contributed by atoms with E-state index in [9.17, 15) is 36.5 Å². The van der Waals surface area contributed by atoms with Gasteiger partial charge in [-0.15, -0.1) is 0 Å².